The molecule has 1 amide bonds. The highest BCUT2D eigenvalue weighted by Crippen LogP contribution is 2.35. The van der Waals surface area contributed by atoms with Crippen molar-refractivity contribution in [3.8, 4) is 0 Å². The molecule has 2 rings (SSSR count). The topological polar surface area (TPSA) is 96.5 Å². The summed E-state index contributed by atoms with van der Waals surface area (Å²) < 4.78 is 0. The van der Waals surface area contributed by atoms with Gasteiger partial charge in [0.05, 0.1) is 11.1 Å². The third-order valence-electron chi connectivity index (χ3n) is 4.09. The number of carbonyl (C=O) groups excluding carboxylic acids is 1. The number of carboxylic acids is 1. The maximum atomic E-state index is 12.5. The maximum Gasteiger partial charge on any atom is 0.311 e. The van der Waals surface area contributed by atoms with Crippen LogP contribution in [0.4, 0.5) is 5.69 Å². The van der Waals surface area contributed by atoms with E-state index in [1.165, 1.54) is 6.20 Å². The quantitative estimate of drug-likeness (QED) is 0.881. The minimum absolute atomic E-state index is 0.204. The lowest BCUT2D eigenvalue weighted by Gasteiger charge is -2.39. The number of carbonyl (C=O) groups is 2. The Hall–Kier alpha value is -2.11. The number of anilines is 1. The number of aliphatic carboxylic acids is 1. The van der Waals surface area contributed by atoms with Gasteiger partial charge in [-0.3, -0.25) is 9.59 Å². The van der Waals surface area contributed by atoms with Crippen molar-refractivity contribution in [3.63, 3.8) is 0 Å². The van der Waals surface area contributed by atoms with Crippen LogP contribution in [0.25, 0.3) is 0 Å². The van der Waals surface area contributed by atoms with Gasteiger partial charge in [-0.05, 0) is 31.4 Å². The van der Waals surface area contributed by atoms with Gasteiger partial charge in [0, 0.05) is 19.3 Å². The molecule has 1 atom stereocenters. The van der Waals surface area contributed by atoms with Gasteiger partial charge in [-0.25, -0.2) is 4.98 Å². The second-order valence-corrected chi connectivity index (χ2v) is 5.61. The molecule has 6 heteroatoms. The lowest BCUT2D eigenvalue weighted by Crippen LogP contribution is -2.50. The Morgan fingerprint density at radius 3 is 2.90 bits per heavy atom. The molecule has 1 aromatic rings. The number of amides is 1. The molecule has 1 fully saturated rings. The zero-order chi connectivity index (χ0) is 15.5. The van der Waals surface area contributed by atoms with Crippen molar-refractivity contribution >= 4 is 17.6 Å². The van der Waals surface area contributed by atoms with E-state index in [2.05, 4.69) is 4.98 Å². The van der Waals surface area contributed by atoms with Crippen LogP contribution in [-0.4, -0.2) is 40.0 Å². The molecular weight excluding hydrogens is 270 g/mol. The van der Waals surface area contributed by atoms with Crippen LogP contribution in [0, 0.1) is 5.41 Å². The summed E-state index contributed by atoms with van der Waals surface area (Å²) in [6.07, 6.45) is 4.16. The molecule has 0 aromatic carbocycles. The molecule has 0 aliphatic carbocycles. The summed E-state index contributed by atoms with van der Waals surface area (Å²) in [4.78, 5) is 29.8. The summed E-state index contributed by atoms with van der Waals surface area (Å²) in [5.41, 5.74) is 5.47. The van der Waals surface area contributed by atoms with E-state index >= 15 is 0 Å². The normalized spacial score (nSPS) is 22.0. The van der Waals surface area contributed by atoms with Crippen molar-refractivity contribution in [2.24, 2.45) is 5.41 Å². The fraction of sp³-hybridized carbons (Fsp3) is 0.533. The Balaban J connectivity index is 2.23. The van der Waals surface area contributed by atoms with Crippen LogP contribution >= 0.6 is 0 Å². The van der Waals surface area contributed by atoms with E-state index in [1.807, 2.05) is 6.92 Å². The van der Waals surface area contributed by atoms with Gasteiger partial charge < -0.3 is 15.7 Å². The summed E-state index contributed by atoms with van der Waals surface area (Å²) >= 11 is 0. The Kier molecular flexibility index (Phi) is 4.45. The van der Waals surface area contributed by atoms with E-state index in [0.29, 0.717) is 31.5 Å². The zero-order valence-corrected chi connectivity index (χ0v) is 12.2. The molecule has 1 aromatic heterocycles. The smallest absolute Gasteiger partial charge is 0.311 e. The van der Waals surface area contributed by atoms with Crippen molar-refractivity contribution in [2.45, 2.75) is 32.6 Å². The van der Waals surface area contributed by atoms with Gasteiger partial charge in [0.15, 0.2) is 5.69 Å². The SMILES string of the molecule is CCCC1(C(=O)O)CCCN(C(=O)c2ncccc2N)C1. The highest BCUT2D eigenvalue weighted by Gasteiger charge is 2.43. The number of nitrogens with zero attached hydrogens (tertiary/aromatic N) is 2. The van der Waals surface area contributed by atoms with Gasteiger partial charge in [-0.1, -0.05) is 13.3 Å². The maximum absolute atomic E-state index is 12.5. The first-order chi connectivity index (χ1) is 10.00. The van der Waals surface area contributed by atoms with Gasteiger partial charge in [0.1, 0.15) is 0 Å². The first-order valence-electron chi connectivity index (χ1n) is 7.23. The number of likely N-dealkylation sites (tertiary alicyclic amines) is 1. The summed E-state index contributed by atoms with van der Waals surface area (Å²) in [5.74, 6) is -1.11. The van der Waals surface area contributed by atoms with Crippen LogP contribution in [0.15, 0.2) is 18.3 Å². The van der Waals surface area contributed by atoms with E-state index in [9.17, 15) is 14.7 Å². The summed E-state index contributed by atoms with van der Waals surface area (Å²) in [6, 6.07) is 3.29. The predicted octanol–water partition coefficient (Wildman–Crippen LogP) is 1.77. The van der Waals surface area contributed by atoms with Crippen molar-refractivity contribution in [2.75, 3.05) is 18.8 Å². The van der Waals surface area contributed by atoms with Crippen molar-refractivity contribution in [1.29, 1.82) is 0 Å². The molecule has 1 aliphatic heterocycles. The van der Waals surface area contributed by atoms with Crippen LogP contribution in [-0.2, 0) is 4.79 Å². The van der Waals surface area contributed by atoms with Crippen LogP contribution in [0.5, 0.6) is 0 Å². The average molecular weight is 291 g/mol. The largest absolute Gasteiger partial charge is 0.481 e. The second kappa shape index (κ2) is 6.11. The van der Waals surface area contributed by atoms with Crippen molar-refractivity contribution in [1.82, 2.24) is 9.88 Å². The Morgan fingerprint density at radius 1 is 1.52 bits per heavy atom. The molecule has 114 valence electrons. The molecule has 0 radical (unpaired) electrons. The van der Waals surface area contributed by atoms with Crippen molar-refractivity contribution in [3.05, 3.63) is 24.0 Å². The van der Waals surface area contributed by atoms with Gasteiger partial charge in [-0.2, -0.15) is 0 Å². The molecule has 0 spiro atoms. The number of nitrogens with two attached hydrogens (primary N) is 1. The third kappa shape index (κ3) is 2.99. The molecule has 2 heterocycles. The minimum Gasteiger partial charge on any atom is -0.481 e. The molecule has 0 bridgehead atoms. The molecule has 21 heavy (non-hydrogen) atoms. The molecule has 0 saturated carbocycles. The Bertz CT molecular complexity index is 543. The van der Waals surface area contributed by atoms with Crippen LogP contribution in [0.2, 0.25) is 0 Å². The summed E-state index contributed by atoms with van der Waals surface area (Å²) in [7, 11) is 0. The first-order valence-corrected chi connectivity index (χ1v) is 7.23. The number of carboxylic acid groups (broad SMARTS) is 1. The predicted molar refractivity (Wildman–Crippen MR) is 78.8 cm³/mol. The molecule has 1 aliphatic rings. The van der Waals surface area contributed by atoms with Crippen LogP contribution < -0.4 is 5.73 Å². The van der Waals surface area contributed by atoms with E-state index in [0.717, 1.165) is 6.42 Å². The number of nitrogen functional groups attached to an aromatic ring is 1. The van der Waals surface area contributed by atoms with Crippen molar-refractivity contribution < 1.29 is 14.7 Å². The Morgan fingerprint density at radius 2 is 2.29 bits per heavy atom. The average Bonchev–Trinajstić information content (AvgIpc) is 2.47. The number of aromatic nitrogens is 1. The van der Waals surface area contributed by atoms with E-state index in [-0.39, 0.29) is 18.1 Å². The van der Waals surface area contributed by atoms with Gasteiger partial charge >= 0.3 is 5.97 Å². The minimum atomic E-state index is -0.841. The van der Waals surface area contributed by atoms with Crippen LogP contribution in [0.3, 0.4) is 0 Å². The fourth-order valence-corrected chi connectivity index (χ4v) is 3.02. The first kappa shape index (κ1) is 15.3. The Labute approximate surface area is 124 Å². The lowest BCUT2D eigenvalue weighted by atomic mass is 9.76. The van der Waals surface area contributed by atoms with E-state index in [4.69, 9.17) is 5.73 Å². The monoisotopic (exact) mass is 291 g/mol. The number of piperidine rings is 1. The van der Waals surface area contributed by atoms with Crippen LogP contribution in [0.1, 0.15) is 43.1 Å². The number of hydrogen-bond donors (Lipinski definition) is 2. The van der Waals surface area contributed by atoms with E-state index < -0.39 is 11.4 Å². The second-order valence-electron chi connectivity index (χ2n) is 5.61. The zero-order valence-electron chi connectivity index (χ0n) is 12.2. The summed E-state index contributed by atoms with van der Waals surface area (Å²) in [5, 5.41) is 9.57. The van der Waals surface area contributed by atoms with Gasteiger partial charge in [-0.15, -0.1) is 0 Å². The highest BCUT2D eigenvalue weighted by atomic mass is 16.4. The van der Waals surface area contributed by atoms with E-state index in [1.54, 1.807) is 17.0 Å². The fourth-order valence-electron chi connectivity index (χ4n) is 3.02. The molecule has 1 unspecified atom stereocenters. The number of rotatable bonds is 4. The standard InChI is InChI=1S/C15H21N3O3/c1-2-6-15(14(20)21)7-4-9-18(10-15)13(19)12-11(16)5-3-8-17-12/h3,5,8H,2,4,6-7,9-10,16H2,1H3,(H,20,21). The third-order valence-corrected chi connectivity index (χ3v) is 4.09. The van der Waals surface area contributed by atoms with Gasteiger partial charge in [0.25, 0.3) is 5.91 Å². The highest BCUT2D eigenvalue weighted by molar-refractivity contribution is 5.97. The number of hydrogen-bond acceptors (Lipinski definition) is 4. The number of pyridine rings is 1. The van der Waals surface area contributed by atoms with Gasteiger partial charge in [0.2, 0.25) is 0 Å². The molecular formula is C15H21N3O3. The molecule has 1 saturated heterocycles. The summed E-state index contributed by atoms with van der Waals surface area (Å²) in [6.45, 7) is 2.74. The lowest BCUT2D eigenvalue weighted by molar-refractivity contribution is -0.152. The molecule has 6 nitrogen and oxygen atoms in total. The molecule has 3 N–H and O–H groups in total.